The van der Waals surface area contributed by atoms with E-state index in [0.29, 0.717) is 10.8 Å². The van der Waals surface area contributed by atoms with Gasteiger partial charge in [-0.3, -0.25) is 0 Å². The number of hydrogen-bond acceptors (Lipinski definition) is 2. The third-order valence-corrected chi connectivity index (χ3v) is 3.70. The Morgan fingerprint density at radius 3 is 2.50 bits per heavy atom. The van der Waals surface area contributed by atoms with E-state index in [2.05, 4.69) is 15.9 Å². The molecule has 106 valence electrons. The number of hydrogen-bond donors (Lipinski definition) is 1. The van der Waals surface area contributed by atoms with E-state index in [4.69, 9.17) is 22.1 Å². The molecule has 0 saturated heterocycles. The van der Waals surface area contributed by atoms with Gasteiger partial charge >= 0.3 is 0 Å². The number of ether oxygens (including phenoxy) is 1. The molecule has 2 aromatic rings. The first kappa shape index (κ1) is 15.4. The fraction of sp³-hybridized carbons (Fsp3) is 0.250. The Morgan fingerprint density at radius 2 is 1.90 bits per heavy atom. The molecule has 0 heterocycles. The summed E-state index contributed by atoms with van der Waals surface area (Å²) in [6.45, 7) is 3.97. The smallest absolute Gasteiger partial charge is 0.146 e. The van der Waals surface area contributed by atoms with Gasteiger partial charge in [-0.15, -0.1) is 0 Å². The van der Waals surface area contributed by atoms with Crippen LogP contribution in [0.3, 0.4) is 0 Å². The van der Waals surface area contributed by atoms with Crippen LogP contribution in [-0.4, -0.2) is 6.04 Å². The van der Waals surface area contributed by atoms with Crippen LogP contribution in [0.2, 0.25) is 5.02 Å². The van der Waals surface area contributed by atoms with Crippen LogP contribution in [0, 0.1) is 6.92 Å². The van der Waals surface area contributed by atoms with Crippen LogP contribution in [0.25, 0.3) is 0 Å². The highest BCUT2D eigenvalue weighted by Gasteiger charge is 2.08. The second-order valence-corrected chi connectivity index (χ2v) is 6.28. The van der Waals surface area contributed by atoms with Crippen molar-refractivity contribution in [3.05, 3.63) is 57.0 Å². The average Bonchev–Trinajstić information content (AvgIpc) is 2.34. The van der Waals surface area contributed by atoms with Crippen molar-refractivity contribution >= 4 is 27.5 Å². The molecule has 0 bridgehead atoms. The second kappa shape index (κ2) is 6.61. The largest absolute Gasteiger partial charge is 0.456 e. The van der Waals surface area contributed by atoms with Crippen molar-refractivity contribution in [2.45, 2.75) is 26.3 Å². The molecule has 2 nitrogen and oxygen atoms in total. The monoisotopic (exact) mass is 353 g/mol. The van der Waals surface area contributed by atoms with Gasteiger partial charge in [-0.1, -0.05) is 33.6 Å². The highest BCUT2D eigenvalue weighted by atomic mass is 79.9. The Labute approximate surface area is 133 Å². The Kier molecular flexibility index (Phi) is 5.08. The van der Waals surface area contributed by atoms with E-state index in [1.165, 1.54) is 0 Å². The van der Waals surface area contributed by atoms with Gasteiger partial charge in [-0.05, 0) is 61.7 Å². The molecule has 0 aliphatic rings. The SMILES string of the molecule is Cc1cc(Br)ccc1Oc1ccc(CC(C)N)cc1Cl. The Bertz CT molecular complexity index is 613. The lowest BCUT2D eigenvalue weighted by Gasteiger charge is -2.12. The molecule has 1 unspecified atom stereocenters. The molecule has 20 heavy (non-hydrogen) atoms. The fourth-order valence-corrected chi connectivity index (χ4v) is 2.69. The highest BCUT2D eigenvalue weighted by Crippen LogP contribution is 2.32. The molecule has 2 N–H and O–H groups in total. The number of aryl methyl sites for hydroxylation is 1. The summed E-state index contributed by atoms with van der Waals surface area (Å²) in [7, 11) is 0. The Morgan fingerprint density at radius 1 is 1.20 bits per heavy atom. The molecule has 0 radical (unpaired) electrons. The lowest BCUT2D eigenvalue weighted by atomic mass is 10.1. The minimum Gasteiger partial charge on any atom is -0.456 e. The number of halogens is 2. The summed E-state index contributed by atoms with van der Waals surface area (Å²) in [5, 5.41) is 0.602. The minimum atomic E-state index is 0.117. The van der Waals surface area contributed by atoms with Crippen LogP contribution in [0.15, 0.2) is 40.9 Å². The first-order valence-corrected chi connectivity index (χ1v) is 7.61. The number of nitrogens with two attached hydrogens (primary N) is 1. The summed E-state index contributed by atoms with van der Waals surface area (Å²) < 4.78 is 6.90. The van der Waals surface area contributed by atoms with Crippen molar-refractivity contribution in [1.29, 1.82) is 0 Å². The lowest BCUT2D eigenvalue weighted by molar-refractivity contribution is 0.478. The molecular formula is C16H17BrClNO. The first-order chi connectivity index (χ1) is 9.45. The van der Waals surface area contributed by atoms with Crippen LogP contribution in [0.4, 0.5) is 0 Å². The van der Waals surface area contributed by atoms with Crippen molar-refractivity contribution in [2.75, 3.05) is 0 Å². The first-order valence-electron chi connectivity index (χ1n) is 6.43. The number of rotatable bonds is 4. The summed E-state index contributed by atoms with van der Waals surface area (Å²) in [5.41, 5.74) is 7.96. The van der Waals surface area contributed by atoms with Gasteiger partial charge in [0.1, 0.15) is 11.5 Å². The topological polar surface area (TPSA) is 35.2 Å². The van der Waals surface area contributed by atoms with Gasteiger partial charge in [0.2, 0.25) is 0 Å². The summed E-state index contributed by atoms with van der Waals surface area (Å²) in [6.07, 6.45) is 0.803. The molecule has 0 spiro atoms. The molecule has 0 aliphatic heterocycles. The van der Waals surface area contributed by atoms with Gasteiger partial charge in [-0.2, -0.15) is 0 Å². The molecule has 4 heteroatoms. The second-order valence-electron chi connectivity index (χ2n) is 4.96. The molecule has 0 saturated carbocycles. The lowest BCUT2D eigenvalue weighted by Crippen LogP contribution is -2.17. The zero-order valence-electron chi connectivity index (χ0n) is 11.5. The maximum atomic E-state index is 6.27. The van der Waals surface area contributed by atoms with E-state index in [0.717, 1.165) is 27.8 Å². The van der Waals surface area contributed by atoms with E-state index in [-0.39, 0.29) is 6.04 Å². The standard InChI is InChI=1S/C16H17BrClNO/c1-10-7-13(17)4-6-15(10)20-16-5-3-12(8-11(2)19)9-14(16)18/h3-7,9,11H,8,19H2,1-2H3. The van der Waals surface area contributed by atoms with Crippen molar-refractivity contribution in [2.24, 2.45) is 5.73 Å². The van der Waals surface area contributed by atoms with Crippen LogP contribution in [0.1, 0.15) is 18.1 Å². The van der Waals surface area contributed by atoms with Crippen molar-refractivity contribution in [3.8, 4) is 11.5 Å². The van der Waals surface area contributed by atoms with Gasteiger partial charge in [0.05, 0.1) is 5.02 Å². The maximum absolute atomic E-state index is 6.27. The molecule has 2 rings (SSSR count). The number of benzene rings is 2. The van der Waals surface area contributed by atoms with Crippen LogP contribution < -0.4 is 10.5 Å². The van der Waals surface area contributed by atoms with E-state index in [1.54, 1.807) is 0 Å². The Balaban J connectivity index is 2.21. The Hall–Kier alpha value is -1.03. The van der Waals surface area contributed by atoms with Gasteiger partial charge in [0, 0.05) is 10.5 Å². The summed E-state index contributed by atoms with van der Waals surface area (Å²) >= 11 is 9.71. The van der Waals surface area contributed by atoms with E-state index in [1.807, 2.05) is 50.2 Å². The van der Waals surface area contributed by atoms with Crippen molar-refractivity contribution in [3.63, 3.8) is 0 Å². The highest BCUT2D eigenvalue weighted by molar-refractivity contribution is 9.10. The molecule has 0 fully saturated rings. The van der Waals surface area contributed by atoms with Crippen molar-refractivity contribution < 1.29 is 4.74 Å². The van der Waals surface area contributed by atoms with Gasteiger partial charge in [-0.25, -0.2) is 0 Å². The quantitative estimate of drug-likeness (QED) is 0.829. The van der Waals surface area contributed by atoms with Crippen LogP contribution >= 0.6 is 27.5 Å². The average molecular weight is 355 g/mol. The molecular weight excluding hydrogens is 338 g/mol. The van der Waals surface area contributed by atoms with Gasteiger partial charge < -0.3 is 10.5 Å². The predicted octanol–water partition coefficient (Wildman–Crippen LogP) is 5.09. The maximum Gasteiger partial charge on any atom is 0.146 e. The zero-order valence-corrected chi connectivity index (χ0v) is 13.8. The van der Waals surface area contributed by atoms with Gasteiger partial charge in [0.25, 0.3) is 0 Å². The summed E-state index contributed by atoms with van der Waals surface area (Å²) in [4.78, 5) is 0. The third-order valence-electron chi connectivity index (χ3n) is 2.91. The molecule has 0 aliphatic carbocycles. The normalized spacial score (nSPS) is 12.2. The van der Waals surface area contributed by atoms with E-state index >= 15 is 0 Å². The van der Waals surface area contributed by atoms with Crippen LogP contribution in [0.5, 0.6) is 11.5 Å². The minimum absolute atomic E-state index is 0.117. The predicted molar refractivity (Wildman–Crippen MR) is 87.8 cm³/mol. The molecule has 2 aromatic carbocycles. The van der Waals surface area contributed by atoms with E-state index in [9.17, 15) is 0 Å². The summed E-state index contributed by atoms with van der Waals surface area (Å²) in [6, 6.07) is 11.8. The third kappa shape index (κ3) is 3.98. The molecule has 1 atom stereocenters. The van der Waals surface area contributed by atoms with Crippen molar-refractivity contribution in [1.82, 2.24) is 0 Å². The van der Waals surface area contributed by atoms with Gasteiger partial charge in [0.15, 0.2) is 0 Å². The van der Waals surface area contributed by atoms with E-state index < -0.39 is 0 Å². The zero-order chi connectivity index (χ0) is 14.7. The molecule has 0 aromatic heterocycles. The van der Waals surface area contributed by atoms with Crippen LogP contribution in [-0.2, 0) is 6.42 Å². The summed E-state index contributed by atoms with van der Waals surface area (Å²) in [5.74, 6) is 1.46. The molecule has 0 amide bonds. The fourth-order valence-electron chi connectivity index (χ4n) is 1.97.